The van der Waals surface area contributed by atoms with Gasteiger partial charge in [0.05, 0.1) is 13.3 Å². The molecular weight excluding hydrogens is 360 g/mol. The highest BCUT2D eigenvalue weighted by atomic mass is 16.5. The number of hydrazone groups is 1. The van der Waals surface area contributed by atoms with Crippen LogP contribution in [-0.2, 0) is 0 Å². The molecule has 0 saturated heterocycles. The lowest BCUT2D eigenvalue weighted by Gasteiger charge is -2.12. The summed E-state index contributed by atoms with van der Waals surface area (Å²) in [6.45, 7) is 0. The molecule has 1 amide bonds. The molecule has 4 heteroatoms. The van der Waals surface area contributed by atoms with Gasteiger partial charge in [-0.2, -0.15) is 5.10 Å². The van der Waals surface area contributed by atoms with Crippen molar-refractivity contribution in [1.29, 1.82) is 0 Å². The second kappa shape index (κ2) is 6.91. The highest BCUT2D eigenvalue weighted by Crippen LogP contribution is 2.35. The molecule has 0 unspecified atom stereocenters. The number of hydrogen-bond acceptors (Lipinski definition) is 3. The Morgan fingerprint density at radius 1 is 0.828 bits per heavy atom. The van der Waals surface area contributed by atoms with Crippen molar-refractivity contribution < 1.29 is 9.53 Å². The second-order valence-electron chi connectivity index (χ2n) is 6.94. The zero-order valence-electron chi connectivity index (χ0n) is 15.8. The van der Waals surface area contributed by atoms with Crippen molar-refractivity contribution in [3.05, 3.63) is 90.0 Å². The first-order valence-electron chi connectivity index (χ1n) is 9.38. The molecule has 0 aliphatic carbocycles. The van der Waals surface area contributed by atoms with Crippen LogP contribution in [0.15, 0.2) is 84.0 Å². The number of carbonyl (C=O) groups excluding carboxylic acids is 1. The van der Waals surface area contributed by atoms with Gasteiger partial charge in [0.15, 0.2) is 0 Å². The Kier molecular flexibility index (Phi) is 4.10. The van der Waals surface area contributed by atoms with Gasteiger partial charge in [0.1, 0.15) is 5.75 Å². The van der Waals surface area contributed by atoms with Crippen molar-refractivity contribution >= 4 is 44.4 Å². The van der Waals surface area contributed by atoms with Crippen molar-refractivity contribution in [1.82, 2.24) is 5.43 Å². The Morgan fingerprint density at radius 2 is 1.48 bits per heavy atom. The summed E-state index contributed by atoms with van der Waals surface area (Å²) in [5.74, 6) is 0.445. The standard InChI is InChI=1S/C25H18N2O2/c1-29-21-12-9-19(10-13-21)25(28)27-26-15-20-8-7-18-6-5-16-3-2-4-17-11-14-22(20)24(18)23(16)17/h2-15H,1H3,(H,27,28)/b26-15+. The summed E-state index contributed by atoms with van der Waals surface area (Å²) in [4.78, 5) is 12.3. The van der Waals surface area contributed by atoms with Gasteiger partial charge in [-0.05, 0) is 56.6 Å². The zero-order chi connectivity index (χ0) is 19.8. The highest BCUT2D eigenvalue weighted by Gasteiger charge is 2.10. The molecule has 0 heterocycles. The minimum atomic E-state index is -0.262. The highest BCUT2D eigenvalue weighted by molar-refractivity contribution is 6.25. The van der Waals surface area contributed by atoms with Crippen LogP contribution in [0.4, 0.5) is 0 Å². The van der Waals surface area contributed by atoms with E-state index in [9.17, 15) is 4.79 Å². The Balaban J connectivity index is 1.49. The predicted molar refractivity (Wildman–Crippen MR) is 118 cm³/mol. The molecule has 0 aliphatic rings. The van der Waals surface area contributed by atoms with Crippen LogP contribution in [0.2, 0.25) is 0 Å². The van der Waals surface area contributed by atoms with E-state index in [0.717, 1.165) is 10.9 Å². The van der Waals surface area contributed by atoms with E-state index in [-0.39, 0.29) is 5.91 Å². The van der Waals surface area contributed by atoms with E-state index in [0.29, 0.717) is 11.3 Å². The third-order valence-electron chi connectivity index (χ3n) is 5.28. The molecule has 5 aromatic carbocycles. The number of rotatable bonds is 4. The van der Waals surface area contributed by atoms with E-state index in [1.165, 1.54) is 26.9 Å². The minimum absolute atomic E-state index is 0.262. The first kappa shape index (κ1) is 17.2. The molecule has 1 N–H and O–H groups in total. The van der Waals surface area contributed by atoms with Crippen molar-refractivity contribution in [2.45, 2.75) is 0 Å². The number of nitrogens with zero attached hydrogens (tertiary/aromatic N) is 1. The molecule has 0 atom stereocenters. The van der Waals surface area contributed by atoms with Crippen LogP contribution in [0.5, 0.6) is 5.75 Å². The number of hydrogen-bond donors (Lipinski definition) is 1. The van der Waals surface area contributed by atoms with Gasteiger partial charge >= 0.3 is 0 Å². The lowest BCUT2D eigenvalue weighted by atomic mass is 9.92. The summed E-state index contributed by atoms with van der Waals surface area (Å²) in [6, 6.07) is 26.0. The lowest BCUT2D eigenvalue weighted by molar-refractivity contribution is 0.0955. The van der Waals surface area contributed by atoms with Crippen LogP contribution < -0.4 is 10.2 Å². The quantitative estimate of drug-likeness (QED) is 0.260. The Bertz CT molecular complexity index is 1360. The Labute approximate surface area is 167 Å². The van der Waals surface area contributed by atoms with Gasteiger partial charge < -0.3 is 4.74 Å². The van der Waals surface area contributed by atoms with Crippen molar-refractivity contribution in [3.63, 3.8) is 0 Å². The Hall–Kier alpha value is -3.92. The fourth-order valence-electron chi connectivity index (χ4n) is 3.84. The monoisotopic (exact) mass is 378 g/mol. The first-order valence-corrected chi connectivity index (χ1v) is 9.38. The second-order valence-corrected chi connectivity index (χ2v) is 6.94. The zero-order valence-corrected chi connectivity index (χ0v) is 15.8. The van der Waals surface area contributed by atoms with Crippen LogP contribution in [0.3, 0.4) is 0 Å². The predicted octanol–water partition coefficient (Wildman–Crippen LogP) is 5.36. The van der Waals surface area contributed by atoms with E-state index < -0.39 is 0 Å². The molecule has 4 nitrogen and oxygen atoms in total. The summed E-state index contributed by atoms with van der Waals surface area (Å²) >= 11 is 0. The topological polar surface area (TPSA) is 50.7 Å². The third-order valence-corrected chi connectivity index (χ3v) is 5.28. The van der Waals surface area contributed by atoms with E-state index in [4.69, 9.17) is 4.74 Å². The lowest BCUT2D eigenvalue weighted by Crippen LogP contribution is -2.17. The summed E-state index contributed by atoms with van der Waals surface area (Å²) in [5.41, 5.74) is 4.09. The molecule has 0 saturated carbocycles. The molecule has 0 aliphatic heterocycles. The van der Waals surface area contributed by atoms with Crippen LogP contribution in [0, 0.1) is 0 Å². The maximum Gasteiger partial charge on any atom is 0.271 e. The Morgan fingerprint density at radius 3 is 2.21 bits per heavy atom. The number of nitrogens with one attached hydrogen (secondary N) is 1. The summed E-state index contributed by atoms with van der Waals surface area (Å²) in [7, 11) is 1.59. The molecule has 0 radical (unpaired) electrons. The number of benzene rings is 5. The van der Waals surface area contributed by atoms with Gasteiger partial charge in [-0.15, -0.1) is 0 Å². The number of amides is 1. The van der Waals surface area contributed by atoms with E-state index in [1.54, 1.807) is 37.6 Å². The van der Waals surface area contributed by atoms with Gasteiger partial charge in [-0.1, -0.05) is 54.6 Å². The molecular formula is C25H18N2O2. The van der Waals surface area contributed by atoms with Crippen molar-refractivity contribution in [2.75, 3.05) is 7.11 Å². The fraction of sp³-hybridized carbons (Fsp3) is 0.0400. The van der Waals surface area contributed by atoms with Crippen LogP contribution in [-0.4, -0.2) is 19.2 Å². The fourth-order valence-corrected chi connectivity index (χ4v) is 3.84. The molecule has 140 valence electrons. The third kappa shape index (κ3) is 2.95. The van der Waals surface area contributed by atoms with Gasteiger partial charge in [0.2, 0.25) is 0 Å². The van der Waals surface area contributed by atoms with Gasteiger partial charge in [-0.25, -0.2) is 5.43 Å². The number of ether oxygens (including phenoxy) is 1. The van der Waals surface area contributed by atoms with Crippen molar-refractivity contribution in [3.8, 4) is 5.75 Å². The normalized spacial score (nSPS) is 11.6. The van der Waals surface area contributed by atoms with Crippen molar-refractivity contribution in [2.24, 2.45) is 5.10 Å². The molecule has 0 bridgehead atoms. The maximum absolute atomic E-state index is 12.3. The summed E-state index contributed by atoms with van der Waals surface area (Å²) in [6.07, 6.45) is 1.70. The molecule has 0 fully saturated rings. The maximum atomic E-state index is 12.3. The van der Waals surface area contributed by atoms with Crippen LogP contribution in [0.25, 0.3) is 32.3 Å². The first-order chi connectivity index (χ1) is 14.2. The molecule has 0 aromatic heterocycles. The molecule has 5 aromatic rings. The van der Waals surface area contributed by atoms with Crippen LogP contribution >= 0.6 is 0 Å². The summed E-state index contributed by atoms with van der Waals surface area (Å²) < 4.78 is 5.12. The van der Waals surface area contributed by atoms with Gasteiger partial charge in [0, 0.05) is 11.1 Å². The van der Waals surface area contributed by atoms with Gasteiger partial charge in [-0.3, -0.25) is 4.79 Å². The smallest absolute Gasteiger partial charge is 0.271 e. The average Bonchev–Trinajstić information content (AvgIpc) is 2.78. The SMILES string of the molecule is COc1ccc(C(=O)N/N=C/c2ccc3ccc4cccc5ccc2c3c45)cc1. The van der Waals surface area contributed by atoms with E-state index >= 15 is 0 Å². The number of carbonyl (C=O) groups is 1. The summed E-state index contributed by atoms with van der Waals surface area (Å²) in [5, 5.41) is 11.4. The molecule has 29 heavy (non-hydrogen) atoms. The molecule has 5 rings (SSSR count). The van der Waals surface area contributed by atoms with E-state index in [1.807, 2.05) is 6.07 Å². The van der Waals surface area contributed by atoms with Crippen LogP contribution in [0.1, 0.15) is 15.9 Å². The largest absolute Gasteiger partial charge is 0.497 e. The van der Waals surface area contributed by atoms with Gasteiger partial charge in [0.25, 0.3) is 5.91 Å². The van der Waals surface area contributed by atoms with E-state index in [2.05, 4.69) is 59.1 Å². The minimum Gasteiger partial charge on any atom is -0.497 e. The molecule has 0 spiro atoms. The average molecular weight is 378 g/mol. The number of methoxy groups -OCH3 is 1.